The van der Waals surface area contributed by atoms with Gasteiger partial charge in [-0.1, -0.05) is 23.4 Å². The van der Waals surface area contributed by atoms with E-state index < -0.39 is 0 Å². The topological polar surface area (TPSA) is 45.1 Å². The van der Waals surface area contributed by atoms with Crippen molar-refractivity contribution < 1.29 is 5.11 Å². The molecule has 5 heteroatoms. The van der Waals surface area contributed by atoms with Crippen molar-refractivity contribution >= 4 is 23.4 Å². The fraction of sp³-hybridized carbons (Fsp3) is 0.444. The third-order valence-corrected chi connectivity index (χ3v) is 3.87. The van der Waals surface area contributed by atoms with E-state index in [2.05, 4.69) is 10.3 Å². The van der Waals surface area contributed by atoms with E-state index in [0.29, 0.717) is 11.6 Å². The van der Waals surface area contributed by atoms with Gasteiger partial charge in [0.1, 0.15) is 5.03 Å². The number of thioether (sulfide) groups is 1. The summed E-state index contributed by atoms with van der Waals surface area (Å²) in [6.45, 7) is 1.46. The molecule has 0 amide bonds. The molecule has 76 valence electrons. The second kappa shape index (κ2) is 4.49. The van der Waals surface area contributed by atoms with Crippen molar-refractivity contribution in [3.63, 3.8) is 0 Å². The summed E-state index contributed by atoms with van der Waals surface area (Å²) in [4.78, 5) is 4.17. The van der Waals surface area contributed by atoms with Crippen molar-refractivity contribution in [3.8, 4) is 0 Å². The minimum absolute atomic E-state index is 0.155. The first-order valence-electron chi connectivity index (χ1n) is 4.43. The highest BCUT2D eigenvalue weighted by Gasteiger charge is 2.26. The highest BCUT2D eigenvalue weighted by molar-refractivity contribution is 8.00. The molecule has 0 saturated carbocycles. The largest absolute Gasteiger partial charge is 0.391 e. The summed E-state index contributed by atoms with van der Waals surface area (Å²) >= 11 is 7.50. The van der Waals surface area contributed by atoms with Crippen molar-refractivity contribution in [2.45, 2.75) is 16.4 Å². The highest BCUT2D eigenvalue weighted by atomic mass is 35.5. The minimum atomic E-state index is -0.307. The highest BCUT2D eigenvalue weighted by Crippen LogP contribution is 2.30. The van der Waals surface area contributed by atoms with E-state index in [1.54, 1.807) is 12.3 Å². The average Bonchev–Trinajstić information content (AvgIpc) is 2.56. The molecule has 2 unspecified atom stereocenters. The van der Waals surface area contributed by atoms with Gasteiger partial charge in [0.25, 0.3) is 0 Å². The van der Waals surface area contributed by atoms with Crippen molar-refractivity contribution in [3.05, 3.63) is 23.4 Å². The quantitative estimate of drug-likeness (QED) is 0.801. The van der Waals surface area contributed by atoms with E-state index in [1.165, 1.54) is 11.8 Å². The maximum Gasteiger partial charge on any atom is 0.115 e. The van der Waals surface area contributed by atoms with Gasteiger partial charge in [0.2, 0.25) is 0 Å². The Hall–Kier alpha value is -0.290. The van der Waals surface area contributed by atoms with Crippen LogP contribution in [-0.4, -0.2) is 34.5 Å². The first-order chi connectivity index (χ1) is 6.77. The molecule has 1 aromatic heterocycles. The van der Waals surface area contributed by atoms with Crippen LogP contribution in [0.2, 0.25) is 5.02 Å². The van der Waals surface area contributed by atoms with Crippen LogP contribution in [0.3, 0.4) is 0 Å². The van der Waals surface area contributed by atoms with E-state index in [0.717, 1.165) is 11.6 Å². The summed E-state index contributed by atoms with van der Waals surface area (Å²) in [6.07, 6.45) is 1.40. The van der Waals surface area contributed by atoms with E-state index in [-0.39, 0.29) is 11.4 Å². The maximum absolute atomic E-state index is 9.59. The monoisotopic (exact) mass is 230 g/mol. The van der Waals surface area contributed by atoms with Crippen LogP contribution in [0.1, 0.15) is 0 Å². The lowest BCUT2D eigenvalue weighted by Crippen LogP contribution is -2.20. The van der Waals surface area contributed by atoms with Gasteiger partial charge in [-0.2, -0.15) is 0 Å². The SMILES string of the molecule is OC1CNCC1Sc1ncccc1Cl. The van der Waals surface area contributed by atoms with Gasteiger partial charge >= 0.3 is 0 Å². The molecule has 2 heterocycles. The van der Waals surface area contributed by atoms with E-state index >= 15 is 0 Å². The number of pyridine rings is 1. The van der Waals surface area contributed by atoms with Crippen LogP contribution >= 0.6 is 23.4 Å². The Morgan fingerprint density at radius 3 is 3.07 bits per heavy atom. The second-order valence-electron chi connectivity index (χ2n) is 3.17. The second-order valence-corrected chi connectivity index (χ2v) is 4.81. The normalized spacial score (nSPS) is 26.7. The van der Waals surface area contributed by atoms with Gasteiger partial charge in [-0.05, 0) is 12.1 Å². The van der Waals surface area contributed by atoms with Crippen LogP contribution in [0.25, 0.3) is 0 Å². The fourth-order valence-electron chi connectivity index (χ4n) is 1.36. The molecule has 0 radical (unpaired) electrons. The number of hydrogen-bond acceptors (Lipinski definition) is 4. The first-order valence-corrected chi connectivity index (χ1v) is 5.69. The molecule has 2 rings (SSSR count). The van der Waals surface area contributed by atoms with E-state index in [1.807, 2.05) is 6.07 Å². The number of hydrogen-bond donors (Lipinski definition) is 2. The van der Waals surface area contributed by atoms with Crippen molar-refractivity contribution in [2.75, 3.05) is 13.1 Å². The van der Waals surface area contributed by atoms with Gasteiger partial charge in [0.15, 0.2) is 0 Å². The number of nitrogens with one attached hydrogen (secondary N) is 1. The number of aliphatic hydroxyl groups excluding tert-OH is 1. The number of nitrogens with zero attached hydrogens (tertiary/aromatic N) is 1. The molecule has 1 fully saturated rings. The summed E-state index contributed by atoms with van der Waals surface area (Å²) in [5, 5.41) is 14.3. The van der Waals surface area contributed by atoms with Crippen molar-refractivity contribution in [2.24, 2.45) is 0 Å². The zero-order chi connectivity index (χ0) is 9.97. The predicted octanol–water partition coefficient (Wildman–Crippen LogP) is 1.16. The molecule has 0 bridgehead atoms. The van der Waals surface area contributed by atoms with Gasteiger partial charge in [0, 0.05) is 19.3 Å². The molecule has 0 aromatic carbocycles. The number of rotatable bonds is 2. The van der Waals surface area contributed by atoms with Crippen LogP contribution in [0.4, 0.5) is 0 Å². The summed E-state index contributed by atoms with van der Waals surface area (Å²) < 4.78 is 0. The van der Waals surface area contributed by atoms with Gasteiger partial charge in [-0.3, -0.25) is 0 Å². The van der Waals surface area contributed by atoms with Crippen LogP contribution < -0.4 is 5.32 Å². The molecule has 1 aromatic rings. The molecule has 3 nitrogen and oxygen atoms in total. The van der Waals surface area contributed by atoms with E-state index in [9.17, 15) is 5.11 Å². The van der Waals surface area contributed by atoms with Gasteiger partial charge in [0.05, 0.1) is 16.4 Å². The lowest BCUT2D eigenvalue weighted by Gasteiger charge is -2.12. The van der Waals surface area contributed by atoms with Gasteiger partial charge in [-0.15, -0.1) is 0 Å². The van der Waals surface area contributed by atoms with Crippen LogP contribution in [0, 0.1) is 0 Å². The third-order valence-electron chi connectivity index (χ3n) is 2.12. The Balaban J connectivity index is 2.07. The van der Waals surface area contributed by atoms with Crippen LogP contribution in [0.5, 0.6) is 0 Å². The van der Waals surface area contributed by atoms with Gasteiger partial charge < -0.3 is 10.4 Å². The molecule has 0 spiro atoms. The number of aliphatic hydroxyl groups is 1. The smallest absolute Gasteiger partial charge is 0.115 e. The average molecular weight is 231 g/mol. The lowest BCUT2D eigenvalue weighted by atomic mass is 10.3. The zero-order valence-corrected chi connectivity index (χ0v) is 9.05. The fourth-order valence-corrected chi connectivity index (χ4v) is 2.66. The third kappa shape index (κ3) is 2.20. The van der Waals surface area contributed by atoms with Crippen LogP contribution in [-0.2, 0) is 0 Å². The summed E-state index contributed by atoms with van der Waals surface area (Å²) in [5.41, 5.74) is 0. The maximum atomic E-state index is 9.59. The molecule has 1 aliphatic rings. The van der Waals surface area contributed by atoms with Gasteiger partial charge in [-0.25, -0.2) is 4.98 Å². The molecular formula is C9H11ClN2OS. The number of halogens is 1. The standard InChI is InChI=1S/C9H11ClN2OS/c10-6-2-1-3-12-9(6)14-8-5-11-4-7(8)13/h1-3,7-8,11,13H,4-5H2. The lowest BCUT2D eigenvalue weighted by molar-refractivity contribution is 0.201. The molecule has 2 N–H and O–H groups in total. The molecule has 1 saturated heterocycles. The summed E-state index contributed by atoms with van der Waals surface area (Å²) in [6, 6.07) is 3.61. The Morgan fingerprint density at radius 2 is 2.43 bits per heavy atom. The molecule has 2 atom stereocenters. The first kappa shape index (κ1) is 10.2. The van der Waals surface area contributed by atoms with E-state index in [4.69, 9.17) is 11.6 Å². The summed E-state index contributed by atoms with van der Waals surface area (Å²) in [5.74, 6) is 0. The Kier molecular flexibility index (Phi) is 3.28. The summed E-state index contributed by atoms with van der Waals surface area (Å²) in [7, 11) is 0. The minimum Gasteiger partial charge on any atom is -0.391 e. The van der Waals surface area contributed by atoms with Crippen LogP contribution in [0.15, 0.2) is 23.4 Å². The predicted molar refractivity (Wildman–Crippen MR) is 57.8 cm³/mol. The molecule has 0 aliphatic carbocycles. The Bertz CT molecular complexity index is 323. The number of β-amino-alcohol motifs (C(OH)–C–C–N with tert-alkyl or cyclic N) is 1. The number of aromatic nitrogens is 1. The molecule has 1 aliphatic heterocycles. The zero-order valence-electron chi connectivity index (χ0n) is 7.48. The molecular weight excluding hydrogens is 220 g/mol. The Labute approximate surface area is 91.9 Å². The van der Waals surface area contributed by atoms with Crippen molar-refractivity contribution in [1.82, 2.24) is 10.3 Å². The molecule has 14 heavy (non-hydrogen) atoms. The van der Waals surface area contributed by atoms with Crippen molar-refractivity contribution in [1.29, 1.82) is 0 Å². The Morgan fingerprint density at radius 1 is 1.57 bits per heavy atom.